The molecule has 3 rings (SSSR count). The first kappa shape index (κ1) is 21.4. The maximum atomic E-state index is 14.1. The van der Waals surface area contributed by atoms with Crippen LogP contribution in [0.2, 0.25) is 0 Å². The first-order valence-corrected chi connectivity index (χ1v) is 9.87. The number of nitrogens with one attached hydrogen (secondary N) is 2. The topological polar surface area (TPSA) is 73.9 Å². The molecule has 0 saturated carbocycles. The predicted molar refractivity (Wildman–Crippen MR) is 116 cm³/mol. The van der Waals surface area contributed by atoms with Crippen molar-refractivity contribution >= 4 is 29.2 Å². The SMILES string of the molecule is CC(C)(C)OC(=O)Nc1cc(NC(=O)N2CCN(c3ccccc3)CC2)ccc1F. The number of benzene rings is 2. The molecular formula is C22H27FN4O3. The van der Waals surface area contributed by atoms with Crippen molar-refractivity contribution in [1.82, 2.24) is 4.90 Å². The van der Waals surface area contributed by atoms with E-state index >= 15 is 0 Å². The molecule has 2 aromatic rings. The van der Waals surface area contributed by atoms with Gasteiger partial charge in [0, 0.05) is 37.6 Å². The molecule has 1 aliphatic rings. The van der Waals surface area contributed by atoms with Crippen molar-refractivity contribution in [2.24, 2.45) is 0 Å². The number of carbonyl (C=O) groups excluding carboxylic acids is 2. The number of carbonyl (C=O) groups is 2. The van der Waals surface area contributed by atoms with Crippen LogP contribution in [-0.4, -0.2) is 48.8 Å². The lowest BCUT2D eigenvalue weighted by atomic mass is 10.2. The summed E-state index contributed by atoms with van der Waals surface area (Å²) in [6, 6.07) is 13.8. The van der Waals surface area contributed by atoms with E-state index in [1.54, 1.807) is 25.7 Å². The third kappa shape index (κ3) is 5.85. The van der Waals surface area contributed by atoms with E-state index in [1.165, 1.54) is 18.2 Å². The van der Waals surface area contributed by atoms with Crippen LogP contribution >= 0.6 is 0 Å². The molecule has 0 atom stereocenters. The van der Waals surface area contributed by atoms with Crippen molar-refractivity contribution in [3.05, 3.63) is 54.3 Å². The second-order valence-corrected chi connectivity index (χ2v) is 8.06. The Morgan fingerprint density at radius 3 is 2.27 bits per heavy atom. The highest BCUT2D eigenvalue weighted by molar-refractivity contribution is 5.91. The van der Waals surface area contributed by atoms with Crippen LogP contribution in [0.15, 0.2) is 48.5 Å². The Balaban J connectivity index is 1.57. The number of halogens is 1. The lowest BCUT2D eigenvalue weighted by Gasteiger charge is -2.36. The van der Waals surface area contributed by atoms with Crippen LogP contribution in [0.25, 0.3) is 0 Å². The Morgan fingerprint density at radius 2 is 1.63 bits per heavy atom. The molecule has 0 radical (unpaired) electrons. The molecule has 0 bridgehead atoms. The summed E-state index contributed by atoms with van der Waals surface area (Å²) in [5.74, 6) is -0.615. The number of amides is 3. The van der Waals surface area contributed by atoms with Crippen molar-refractivity contribution in [3.8, 4) is 0 Å². The largest absolute Gasteiger partial charge is 0.444 e. The molecule has 7 nitrogen and oxygen atoms in total. The van der Waals surface area contributed by atoms with Crippen LogP contribution in [-0.2, 0) is 4.74 Å². The highest BCUT2D eigenvalue weighted by atomic mass is 19.1. The number of urea groups is 1. The van der Waals surface area contributed by atoms with Gasteiger partial charge in [0.15, 0.2) is 0 Å². The van der Waals surface area contributed by atoms with Gasteiger partial charge in [0.25, 0.3) is 0 Å². The van der Waals surface area contributed by atoms with E-state index in [0.717, 1.165) is 18.8 Å². The molecule has 0 spiro atoms. The summed E-state index contributed by atoms with van der Waals surface area (Å²) >= 11 is 0. The van der Waals surface area contributed by atoms with Gasteiger partial charge in [0.1, 0.15) is 11.4 Å². The molecule has 1 heterocycles. The highest BCUT2D eigenvalue weighted by Gasteiger charge is 2.22. The lowest BCUT2D eigenvalue weighted by molar-refractivity contribution is 0.0635. The third-order valence-electron chi connectivity index (χ3n) is 4.54. The summed E-state index contributed by atoms with van der Waals surface area (Å²) < 4.78 is 19.2. The van der Waals surface area contributed by atoms with Gasteiger partial charge in [-0.25, -0.2) is 14.0 Å². The van der Waals surface area contributed by atoms with Gasteiger partial charge in [-0.3, -0.25) is 5.32 Å². The number of rotatable bonds is 3. The fraction of sp³-hybridized carbons (Fsp3) is 0.364. The molecule has 2 N–H and O–H groups in total. The average molecular weight is 414 g/mol. The van der Waals surface area contributed by atoms with Gasteiger partial charge in [0.05, 0.1) is 5.69 Å². The van der Waals surface area contributed by atoms with Crippen molar-refractivity contribution in [2.75, 3.05) is 41.7 Å². The Hall–Kier alpha value is -3.29. The van der Waals surface area contributed by atoms with Crippen LogP contribution < -0.4 is 15.5 Å². The van der Waals surface area contributed by atoms with Crippen LogP contribution in [0, 0.1) is 5.82 Å². The van der Waals surface area contributed by atoms with Crippen LogP contribution in [0.5, 0.6) is 0 Å². The monoisotopic (exact) mass is 414 g/mol. The van der Waals surface area contributed by atoms with Gasteiger partial charge < -0.3 is 19.9 Å². The Morgan fingerprint density at radius 1 is 0.967 bits per heavy atom. The molecule has 1 aliphatic heterocycles. The van der Waals surface area contributed by atoms with Crippen LogP contribution in [0.3, 0.4) is 0 Å². The van der Waals surface area contributed by atoms with E-state index in [1.807, 2.05) is 30.3 Å². The molecule has 0 aliphatic carbocycles. The van der Waals surface area contributed by atoms with Crippen molar-refractivity contribution in [3.63, 3.8) is 0 Å². The summed E-state index contributed by atoms with van der Waals surface area (Å²) in [7, 11) is 0. The maximum Gasteiger partial charge on any atom is 0.412 e. The van der Waals surface area contributed by atoms with Gasteiger partial charge in [-0.05, 0) is 51.1 Å². The van der Waals surface area contributed by atoms with E-state index in [9.17, 15) is 14.0 Å². The van der Waals surface area contributed by atoms with Crippen molar-refractivity contribution < 1.29 is 18.7 Å². The van der Waals surface area contributed by atoms with Crippen LogP contribution in [0.4, 0.5) is 31.0 Å². The second kappa shape index (κ2) is 9.02. The summed E-state index contributed by atoms with van der Waals surface area (Å²) in [5.41, 5.74) is 0.761. The normalized spacial score (nSPS) is 14.3. The Bertz CT molecular complexity index is 891. The fourth-order valence-corrected chi connectivity index (χ4v) is 3.12. The Labute approximate surface area is 175 Å². The van der Waals surface area contributed by atoms with Gasteiger partial charge in [-0.2, -0.15) is 0 Å². The second-order valence-electron chi connectivity index (χ2n) is 8.06. The first-order valence-electron chi connectivity index (χ1n) is 9.87. The number of nitrogens with zero attached hydrogens (tertiary/aromatic N) is 2. The van der Waals surface area contributed by atoms with E-state index in [-0.39, 0.29) is 11.7 Å². The molecule has 0 unspecified atom stereocenters. The average Bonchev–Trinajstić information content (AvgIpc) is 2.70. The summed E-state index contributed by atoms with van der Waals surface area (Å²) in [4.78, 5) is 28.5. The minimum Gasteiger partial charge on any atom is -0.444 e. The van der Waals surface area contributed by atoms with E-state index in [4.69, 9.17) is 4.74 Å². The Kier molecular flexibility index (Phi) is 6.44. The fourth-order valence-electron chi connectivity index (χ4n) is 3.12. The van der Waals surface area contributed by atoms with Gasteiger partial charge in [0.2, 0.25) is 0 Å². The highest BCUT2D eigenvalue weighted by Crippen LogP contribution is 2.22. The smallest absolute Gasteiger partial charge is 0.412 e. The van der Waals surface area contributed by atoms with E-state index in [0.29, 0.717) is 18.8 Å². The van der Waals surface area contributed by atoms with Crippen LogP contribution in [0.1, 0.15) is 20.8 Å². The first-order chi connectivity index (χ1) is 14.2. The molecule has 160 valence electrons. The molecule has 2 aromatic carbocycles. The number of hydrogen-bond donors (Lipinski definition) is 2. The zero-order valence-electron chi connectivity index (χ0n) is 17.4. The molecule has 0 aromatic heterocycles. The zero-order valence-corrected chi connectivity index (χ0v) is 17.4. The number of para-hydroxylation sites is 1. The third-order valence-corrected chi connectivity index (χ3v) is 4.54. The van der Waals surface area contributed by atoms with E-state index < -0.39 is 17.5 Å². The number of piperazine rings is 1. The number of anilines is 3. The number of ether oxygens (including phenoxy) is 1. The minimum atomic E-state index is -0.762. The molecule has 8 heteroatoms. The standard InChI is InChI=1S/C22H27FN4O3/c1-22(2,3)30-21(29)25-19-15-16(9-10-18(19)23)24-20(28)27-13-11-26(12-14-27)17-7-5-4-6-8-17/h4-10,15H,11-14H2,1-3H3,(H,24,28)(H,25,29). The zero-order chi connectivity index (χ0) is 21.7. The van der Waals surface area contributed by atoms with Gasteiger partial charge in [-0.15, -0.1) is 0 Å². The van der Waals surface area contributed by atoms with Gasteiger partial charge in [-0.1, -0.05) is 18.2 Å². The molecule has 1 fully saturated rings. The van der Waals surface area contributed by atoms with Crippen molar-refractivity contribution in [1.29, 1.82) is 0 Å². The summed E-state index contributed by atoms with van der Waals surface area (Å²) in [6.07, 6.45) is -0.762. The minimum absolute atomic E-state index is 0.0593. The summed E-state index contributed by atoms with van der Waals surface area (Å²) in [6.45, 7) is 7.76. The van der Waals surface area contributed by atoms with Crippen molar-refractivity contribution in [2.45, 2.75) is 26.4 Å². The molecule has 3 amide bonds. The molecular weight excluding hydrogens is 387 g/mol. The van der Waals surface area contributed by atoms with E-state index in [2.05, 4.69) is 15.5 Å². The van der Waals surface area contributed by atoms with Gasteiger partial charge >= 0.3 is 12.1 Å². The predicted octanol–water partition coefficient (Wildman–Crippen LogP) is 4.53. The maximum absolute atomic E-state index is 14.1. The molecule has 30 heavy (non-hydrogen) atoms. The summed E-state index contributed by atoms with van der Waals surface area (Å²) in [5, 5.41) is 5.14. The lowest BCUT2D eigenvalue weighted by Crippen LogP contribution is -2.50. The number of hydrogen-bond acceptors (Lipinski definition) is 4. The molecule has 1 saturated heterocycles. The quantitative estimate of drug-likeness (QED) is 0.774.